The third-order valence-electron chi connectivity index (χ3n) is 3.22. The van der Waals surface area contributed by atoms with Crippen LogP contribution in [0.3, 0.4) is 0 Å². The monoisotopic (exact) mass is 276 g/mol. The van der Waals surface area contributed by atoms with Crippen molar-refractivity contribution in [3.63, 3.8) is 0 Å². The van der Waals surface area contributed by atoms with Crippen molar-refractivity contribution in [1.29, 1.82) is 0 Å². The zero-order chi connectivity index (χ0) is 13.4. The highest BCUT2D eigenvalue weighted by Gasteiger charge is 2.17. The van der Waals surface area contributed by atoms with Gasteiger partial charge >= 0.3 is 0 Å². The minimum atomic E-state index is -3.27. The van der Waals surface area contributed by atoms with Gasteiger partial charge in [0.15, 0.2) is 9.84 Å². The number of hydrogen-bond donors (Lipinski definition) is 2. The second-order valence-corrected chi connectivity index (χ2v) is 7.08. The summed E-state index contributed by atoms with van der Waals surface area (Å²) in [6, 6.07) is 0. The van der Waals surface area contributed by atoms with Crippen LogP contribution in [0.2, 0.25) is 0 Å². The Bertz CT molecular complexity index is 348. The van der Waals surface area contributed by atoms with Crippen LogP contribution in [0.1, 0.15) is 32.6 Å². The molecule has 0 spiro atoms. The highest BCUT2D eigenvalue weighted by atomic mass is 32.2. The highest BCUT2D eigenvalue weighted by molar-refractivity contribution is 7.92. The Morgan fingerprint density at radius 3 is 2.56 bits per heavy atom. The molecule has 0 heterocycles. The van der Waals surface area contributed by atoms with E-state index in [1.807, 2.05) is 0 Å². The van der Waals surface area contributed by atoms with Crippen molar-refractivity contribution in [2.24, 2.45) is 5.92 Å². The van der Waals surface area contributed by atoms with E-state index in [-0.39, 0.29) is 5.75 Å². The minimum Gasteiger partial charge on any atom is -0.356 e. The van der Waals surface area contributed by atoms with Gasteiger partial charge in [-0.3, -0.25) is 4.79 Å². The largest absolute Gasteiger partial charge is 0.356 e. The first kappa shape index (κ1) is 15.4. The predicted molar refractivity (Wildman–Crippen MR) is 72.2 cm³/mol. The number of hydrogen-bond acceptors (Lipinski definition) is 4. The Morgan fingerprint density at radius 1 is 1.28 bits per heavy atom. The quantitative estimate of drug-likeness (QED) is 0.626. The van der Waals surface area contributed by atoms with E-state index >= 15 is 0 Å². The van der Waals surface area contributed by atoms with Crippen molar-refractivity contribution >= 4 is 15.7 Å². The fraction of sp³-hybridized carbons (Fsp3) is 0.917. The molecule has 0 aromatic heterocycles. The van der Waals surface area contributed by atoms with Crippen molar-refractivity contribution in [1.82, 2.24) is 10.6 Å². The number of rotatable bonds is 8. The molecule has 1 fully saturated rings. The molecule has 1 rings (SSSR count). The van der Waals surface area contributed by atoms with Crippen molar-refractivity contribution < 1.29 is 13.2 Å². The number of sulfone groups is 1. The van der Waals surface area contributed by atoms with Crippen molar-refractivity contribution in [2.75, 3.05) is 31.1 Å². The summed E-state index contributed by atoms with van der Waals surface area (Å²) >= 11 is 0. The average molecular weight is 276 g/mol. The molecule has 6 heteroatoms. The van der Waals surface area contributed by atoms with Gasteiger partial charge in [0, 0.05) is 13.1 Å². The van der Waals surface area contributed by atoms with Gasteiger partial charge in [-0.25, -0.2) is 8.42 Å². The first-order chi connectivity index (χ1) is 8.53. The fourth-order valence-electron chi connectivity index (χ4n) is 2.27. The second-order valence-electron chi connectivity index (χ2n) is 4.90. The molecule has 18 heavy (non-hydrogen) atoms. The van der Waals surface area contributed by atoms with E-state index in [2.05, 4.69) is 10.6 Å². The number of carbonyl (C=O) groups is 1. The van der Waals surface area contributed by atoms with Gasteiger partial charge in [0.05, 0.1) is 5.75 Å². The van der Waals surface area contributed by atoms with Gasteiger partial charge in [-0.2, -0.15) is 0 Å². The topological polar surface area (TPSA) is 75.3 Å². The minimum absolute atomic E-state index is 0.0385. The van der Waals surface area contributed by atoms with Crippen LogP contribution in [0.5, 0.6) is 0 Å². The van der Waals surface area contributed by atoms with E-state index in [1.165, 1.54) is 25.7 Å². The van der Waals surface area contributed by atoms with Crippen molar-refractivity contribution in [3.8, 4) is 0 Å². The molecule has 0 unspecified atom stereocenters. The van der Waals surface area contributed by atoms with E-state index in [4.69, 9.17) is 0 Å². The molecule has 0 bridgehead atoms. The van der Waals surface area contributed by atoms with E-state index in [0.717, 1.165) is 6.54 Å². The molecule has 0 atom stereocenters. The summed E-state index contributed by atoms with van der Waals surface area (Å²) in [7, 11) is -3.27. The van der Waals surface area contributed by atoms with Crippen LogP contribution in [0.4, 0.5) is 0 Å². The fourth-order valence-corrected chi connectivity index (χ4v) is 3.37. The van der Waals surface area contributed by atoms with Gasteiger partial charge < -0.3 is 10.6 Å². The van der Waals surface area contributed by atoms with Gasteiger partial charge in [0.25, 0.3) is 0 Å². The molecule has 0 saturated heterocycles. The SMILES string of the molecule is CCNC(=O)CS(=O)(=O)CCNCC1CCCC1. The van der Waals surface area contributed by atoms with Crippen LogP contribution >= 0.6 is 0 Å². The Labute approximate surface area is 110 Å². The summed E-state index contributed by atoms with van der Waals surface area (Å²) < 4.78 is 23.2. The molecular weight excluding hydrogens is 252 g/mol. The van der Waals surface area contributed by atoms with Crippen LogP contribution in [0.15, 0.2) is 0 Å². The van der Waals surface area contributed by atoms with Crippen LogP contribution in [0, 0.1) is 5.92 Å². The maximum absolute atomic E-state index is 11.6. The molecule has 1 saturated carbocycles. The maximum Gasteiger partial charge on any atom is 0.235 e. The standard InChI is InChI=1S/C12H24N2O3S/c1-2-14-12(15)10-18(16,17)8-7-13-9-11-5-3-4-6-11/h11,13H,2-10H2,1H3,(H,14,15). The lowest BCUT2D eigenvalue weighted by atomic mass is 10.1. The van der Waals surface area contributed by atoms with Crippen LogP contribution in [-0.4, -0.2) is 45.5 Å². The Kier molecular flexibility index (Phi) is 6.63. The normalized spacial score (nSPS) is 16.9. The van der Waals surface area contributed by atoms with E-state index in [1.54, 1.807) is 6.92 Å². The predicted octanol–water partition coefficient (Wildman–Crippen LogP) is 0.317. The lowest BCUT2D eigenvalue weighted by Crippen LogP contribution is -2.34. The Morgan fingerprint density at radius 2 is 1.94 bits per heavy atom. The van der Waals surface area contributed by atoms with Crippen molar-refractivity contribution in [3.05, 3.63) is 0 Å². The molecular formula is C12H24N2O3S. The van der Waals surface area contributed by atoms with Crippen LogP contribution < -0.4 is 10.6 Å². The molecule has 1 aliphatic rings. The van der Waals surface area contributed by atoms with E-state index in [0.29, 0.717) is 19.0 Å². The summed E-state index contributed by atoms with van der Waals surface area (Å²) in [4.78, 5) is 11.2. The second kappa shape index (κ2) is 7.74. The molecule has 0 aromatic rings. The van der Waals surface area contributed by atoms with Gasteiger partial charge in [-0.15, -0.1) is 0 Å². The smallest absolute Gasteiger partial charge is 0.235 e. The lowest BCUT2D eigenvalue weighted by Gasteiger charge is -2.10. The highest BCUT2D eigenvalue weighted by Crippen LogP contribution is 2.23. The summed E-state index contributed by atoms with van der Waals surface area (Å²) in [5.74, 6) is -0.0626. The number of amides is 1. The summed E-state index contributed by atoms with van der Waals surface area (Å²) in [6.45, 7) is 3.58. The maximum atomic E-state index is 11.6. The molecule has 2 N–H and O–H groups in total. The molecule has 0 radical (unpaired) electrons. The molecule has 0 aliphatic heterocycles. The Hall–Kier alpha value is -0.620. The third-order valence-corrected chi connectivity index (χ3v) is 4.75. The van der Waals surface area contributed by atoms with Gasteiger partial charge in [-0.05, 0) is 32.2 Å². The van der Waals surface area contributed by atoms with Gasteiger partial charge in [0.2, 0.25) is 5.91 Å². The van der Waals surface area contributed by atoms with E-state index < -0.39 is 21.5 Å². The molecule has 0 aromatic carbocycles. The molecule has 1 amide bonds. The molecule has 106 valence electrons. The first-order valence-electron chi connectivity index (χ1n) is 6.71. The number of carbonyl (C=O) groups excluding carboxylic acids is 1. The summed E-state index contributed by atoms with van der Waals surface area (Å²) in [5.41, 5.74) is 0. The first-order valence-corrected chi connectivity index (χ1v) is 8.53. The molecule has 5 nitrogen and oxygen atoms in total. The zero-order valence-electron chi connectivity index (χ0n) is 11.1. The van der Waals surface area contributed by atoms with Gasteiger partial charge in [-0.1, -0.05) is 12.8 Å². The van der Waals surface area contributed by atoms with Crippen LogP contribution in [0.25, 0.3) is 0 Å². The number of nitrogens with one attached hydrogen (secondary N) is 2. The van der Waals surface area contributed by atoms with Gasteiger partial charge in [0.1, 0.15) is 5.75 Å². The zero-order valence-corrected chi connectivity index (χ0v) is 11.9. The van der Waals surface area contributed by atoms with E-state index in [9.17, 15) is 13.2 Å². The Balaban J connectivity index is 2.14. The van der Waals surface area contributed by atoms with Crippen LogP contribution in [-0.2, 0) is 14.6 Å². The average Bonchev–Trinajstić information content (AvgIpc) is 2.76. The lowest BCUT2D eigenvalue weighted by molar-refractivity contribution is -0.118. The van der Waals surface area contributed by atoms with Crippen molar-refractivity contribution in [2.45, 2.75) is 32.6 Å². The molecule has 1 aliphatic carbocycles. The third kappa shape index (κ3) is 6.35. The summed E-state index contributed by atoms with van der Waals surface area (Å²) in [6.07, 6.45) is 5.08. The summed E-state index contributed by atoms with van der Waals surface area (Å²) in [5, 5.41) is 5.68.